The first kappa shape index (κ1) is 30.7. The number of hydrogen-bond acceptors (Lipinski definition) is 9. The van der Waals surface area contributed by atoms with Crippen LogP contribution in [0.1, 0.15) is 45.6 Å². The van der Waals surface area contributed by atoms with Crippen molar-refractivity contribution >= 4 is 35.0 Å². The van der Waals surface area contributed by atoms with Gasteiger partial charge in [0.25, 0.3) is 5.56 Å². The van der Waals surface area contributed by atoms with Crippen LogP contribution in [-0.2, 0) is 16.1 Å². The molecule has 4 aromatic carbocycles. The molecular weight excluding hydrogens is 632 g/mol. The van der Waals surface area contributed by atoms with E-state index >= 15 is 0 Å². The molecule has 1 N–H and O–H groups in total. The Morgan fingerprint density at radius 2 is 1.77 bits per heavy atom. The predicted molar refractivity (Wildman–Crippen MR) is 178 cm³/mol. The lowest BCUT2D eigenvalue weighted by Crippen LogP contribution is -2.40. The van der Waals surface area contributed by atoms with E-state index in [0.717, 1.165) is 11.1 Å². The molecule has 7 rings (SSSR count). The van der Waals surface area contributed by atoms with E-state index < -0.39 is 18.0 Å². The lowest BCUT2D eigenvalue weighted by atomic mass is 9.93. The minimum Gasteiger partial charge on any atom is -0.489 e. The van der Waals surface area contributed by atoms with Gasteiger partial charge in [0.05, 0.1) is 34.0 Å². The number of benzene rings is 4. The van der Waals surface area contributed by atoms with Gasteiger partial charge in [0.15, 0.2) is 16.3 Å². The minimum atomic E-state index is -0.998. The summed E-state index contributed by atoms with van der Waals surface area (Å²) in [5, 5.41) is 9.24. The van der Waals surface area contributed by atoms with Crippen LogP contribution in [0, 0.1) is 0 Å². The van der Waals surface area contributed by atoms with Crippen LogP contribution < -0.4 is 29.1 Å². The minimum absolute atomic E-state index is 0.0825. The third-order valence-electron chi connectivity index (χ3n) is 7.84. The van der Waals surface area contributed by atoms with Gasteiger partial charge in [0, 0.05) is 5.56 Å². The van der Waals surface area contributed by atoms with Crippen LogP contribution >= 0.6 is 11.3 Å². The summed E-state index contributed by atoms with van der Waals surface area (Å²) in [7, 11) is 0. The molecule has 0 spiro atoms. The van der Waals surface area contributed by atoms with Crippen molar-refractivity contribution in [3.05, 3.63) is 150 Å². The van der Waals surface area contributed by atoms with Gasteiger partial charge >= 0.3 is 11.9 Å². The summed E-state index contributed by atoms with van der Waals surface area (Å²) < 4.78 is 24.5. The van der Waals surface area contributed by atoms with E-state index in [4.69, 9.17) is 23.9 Å². The van der Waals surface area contributed by atoms with E-state index in [0.29, 0.717) is 43.4 Å². The molecule has 0 saturated heterocycles. The third kappa shape index (κ3) is 5.98. The zero-order chi connectivity index (χ0) is 33.2. The molecule has 3 heterocycles. The number of fused-ring (bicyclic) bond motifs is 2. The number of ether oxygens (including phenoxy) is 4. The third-order valence-corrected chi connectivity index (χ3v) is 8.83. The number of nitrogens with zero attached hydrogens (tertiary/aromatic N) is 2. The van der Waals surface area contributed by atoms with Crippen molar-refractivity contribution in [3.63, 3.8) is 0 Å². The monoisotopic (exact) mass is 660 g/mol. The van der Waals surface area contributed by atoms with Crippen molar-refractivity contribution in [2.75, 3.05) is 13.4 Å². The molecule has 1 aromatic heterocycles. The Hall–Kier alpha value is -5.94. The summed E-state index contributed by atoms with van der Waals surface area (Å²) in [6.45, 7) is 2.17. The highest BCUT2D eigenvalue weighted by atomic mass is 32.1. The Bertz CT molecular complexity index is 2260. The number of carboxylic acid groups (broad SMARTS) is 1. The van der Waals surface area contributed by atoms with E-state index in [2.05, 4.69) is 0 Å². The van der Waals surface area contributed by atoms with Crippen LogP contribution in [0.3, 0.4) is 0 Å². The number of carbonyl (C=O) groups is 2. The fourth-order valence-electron chi connectivity index (χ4n) is 5.61. The summed E-state index contributed by atoms with van der Waals surface area (Å²) in [5.74, 6) is 0.124. The highest BCUT2D eigenvalue weighted by Crippen LogP contribution is 2.40. The summed E-state index contributed by atoms with van der Waals surface area (Å²) in [5.41, 5.74) is 3.41. The van der Waals surface area contributed by atoms with Crippen molar-refractivity contribution < 1.29 is 33.6 Å². The van der Waals surface area contributed by atoms with Crippen LogP contribution in [0.25, 0.3) is 11.8 Å². The molecule has 48 heavy (non-hydrogen) atoms. The Kier molecular flexibility index (Phi) is 8.35. The van der Waals surface area contributed by atoms with Crippen molar-refractivity contribution in [2.24, 2.45) is 4.99 Å². The summed E-state index contributed by atoms with van der Waals surface area (Å²) in [6, 6.07) is 27.7. The van der Waals surface area contributed by atoms with E-state index in [1.165, 1.54) is 22.0 Å². The molecule has 10 nitrogen and oxygen atoms in total. The second-order valence-corrected chi connectivity index (χ2v) is 11.9. The summed E-state index contributed by atoms with van der Waals surface area (Å²) in [4.78, 5) is 44.5. The molecule has 0 aliphatic carbocycles. The number of thiazole rings is 1. The van der Waals surface area contributed by atoms with Crippen molar-refractivity contribution in [3.8, 4) is 17.2 Å². The smallest absolute Gasteiger partial charge is 0.338 e. The normalized spacial score (nSPS) is 15.1. The highest BCUT2D eigenvalue weighted by molar-refractivity contribution is 7.07. The van der Waals surface area contributed by atoms with Gasteiger partial charge < -0.3 is 24.1 Å². The fraction of sp³-hybridized carbons (Fsp3) is 0.135. The fourth-order valence-corrected chi connectivity index (χ4v) is 6.61. The second-order valence-electron chi connectivity index (χ2n) is 10.9. The molecule has 1 atom stereocenters. The molecule has 0 unspecified atom stereocenters. The molecular formula is C37H28N2O8S. The van der Waals surface area contributed by atoms with E-state index in [1.807, 2.05) is 48.5 Å². The average molecular weight is 661 g/mol. The lowest BCUT2D eigenvalue weighted by molar-refractivity contribution is -0.138. The molecule has 11 heteroatoms. The van der Waals surface area contributed by atoms with Gasteiger partial charge in [-0.25, -0.2) is 14.6 Å². The van der Waals surface area contributed by atoms with Gasteiger partial charge in [-0.1, -0.05) is 72.0 Å². The van der Waals surface area contributed by atoms with Gasteiger partial charge in [0.1, 0.15) is 12.4 Å². The van der Waals surface area contributed by atoms with Crippen LogP contribution in [-0.4, -0.2) is 35.0 Å². The first-order chi connectivity index (χ1) is 23.4. The maximum atomic E-state index is 14.2. The maximum Gasteiger partial charge on any atom is 0.338 e. The molecule has 0 bridgehead atoms. The van der Waals surface area contributed by atoms with Crippen LogP contribution in [0.2, 0.25) is 0 Å². The molecule has 5 aromatic rings. The molecule has 0 radical (unpaired) electrons. The highest BCUT2D eigenvalue weighted by Gasteiger charge is 2.36. The topological polar surface area (TPSA) is 126 Å². The first-order valence-electron chi connectivity index (χ1n) is 15.1. The van der Waals surface area contributed by atoms with Gasteiger partial charge in [0.2, 0.25) is 6.79 Å². The van der Waals surface area contributed by atoms with Crippen molar-refractivity contribution in [1.29, 1.82) is 0 Å². The number of rotatable bonds is 9. The zero-order valence-corrected chi connectivity index (χ0v) is 26.4. The summed E-state index contributed by atoms with van der Waals surface area (Å²) >= 11 is 1.23. The summed E-state index contributed by atoms with van der Waals surface area (Å²) in [6.07, 6.45) is 1.77. The SMILES string of the molecule is CCOC(=O)C1=C(c2ccccc2)N=c2s/c(=C\c3ccc(OCc4cccc(C(=O)O)c4)cc3)c(=O)n2[C@@H]1c1ccc2c(c1)OCO2. The van der Waals surface area contributed by atoms with Crippen molar-refractivity contribution in [1.82, 2.24) is 4.57 Å². The Balaban J connectivity index is 1.29. The zero-order valence-electron chi connectivity index (χ0n) is 25.6. The van der Waals surface area contributed by atoms with E-state index in [9.17, 15) is 19.5 Å². The molecule has 0 fully saturated rings. The Morgan fingerprint density at radius 1 is 0.979 bits per heavy atom. The molecule has 2 aliphatic heterocycles. The largest absolute Gasteiger partial charge is 0.489 e. The molecule has 0 amide bonds. The average Bonchev–Trinajstić information content (AvgIpc) is 3.71. The van der Waals surface area contributed by atoms with Crippen LogP contribution in [0.4, 0.5) is 0 Å². The standard InChI is InChI=1S/C37H28N2O8S/c1-2-44-36(43)31-32(24-8-4-3-5-9-24)38-37-39(33(31)25-13-16-28-29(19-25)47-21-46-28)34(40)30(48-37)18-22-11-14-27(15-12-22)45-20-23-7-6-10-26(17-23)35(41)42/h3-19,33H,2,20-21H2,1H3,(H,41,42)/b30-18-/t33-/m1/s1. The first-order valence-corrected chi connectivity index (χ1v) is 15.9. The van der Waals surface area contributed by atoms with Crippen LogP contribution in [0.5, 0.6) is 17.2 Å². The van der Waals surface area contributed by atoms with Gasteiger partial charge in [-0.3, -0.25) is 9.36 Å². The quantitative estimate of drug-likeness (QED) is 0.221. The van der Waals surface area contributed by atoms with Gasteiger partial charge in [-0.15, -0.1) is 0 Å². The number of aromatic carboxylic acids is 1. The predicted octanol–water partition coefficient (Wildman–Crippen LogP) is 4.94. The second kappa shape index (κ2) is 13.0. The van der Waals surface area contributed by atoms with Gasteiger partial charge in [-0.2, -0.15) is 0 Å². The number of aromatic nitrogens is 1. The van der Waals surface area contributed by atoms with E-state index in [1.54, 1.807) is 55.5 Å². The Morgan fingerprint density at radius 3 is 2.54 bits per heavy atom. The maximum absolute atomic E-state index is 14.2. The molecule has 0 saturated carbocycles. The Labute approximate surface area is 278 Å². The number of hydrogen-bond donors (Lipinski definition) is 1. The molecule has 240 valence electrons. The van der Waals surface area contributed by atoms with Crippen molar-refractivity contribution in [2.45, 2.75) is 19.6 Å². The lowest BCUT2D eigenvalue weighted by Gasteiger charge is -2.26. The number of esters is 1. The van der Waals surface area contributed by atoms with Crippen LogP contribution in [0.15, 0.2) is 112 Å². The van der Waals surface area contributed by atoms with E-state index in [-0.39, 0.29) is 36.7 Å². The van der Waals surface area contributed by atoms with Gasteiger partial charge in [-0.05, 0) is 66.1 Å². The molecule has 2 aliphatic rings. The number of carboxylic acids is 1. The number of carbonyl (C=O) groups excluding carboxylic acids is 1.